The van der Waals surface area contributed by atoms with Gasteiger partial charge in [-0.3, -0.25) is 0 Å². The highest BCUT2D eigenvalue weighted by Gasteiger charge is 2.23. The fourth-order valence-corrected chi connectivity index (χ4v) is 2.33. The molecule has 0 bridgehead atoms. The first-order valence-electron chi connectivity index (χ1n) is 6.20. The maximum Gasteiger partial charge on any atom is 0.00947 e. The highest BCUT2D eigenvalue weighted by atomic mass is 14.9. The van der Waals surface area contributed by atoms with E-state index in [1.807, 2.05) is 0 Å². The fraction of sp³-hybridized carbons (Fsp3) is 1.00. The van der Waals surface area contributed by atoms with Crippen LogP contribution >= 0.6 is 0 Å². The number of rotatable bonds is 7. The van der Waals surface area contributed by atoms with Crippen molar-refractivity contribution < 1.29 is 0 Å². The summed E-state index contributed by atoms with van der Waals surface area (Å²) in [5, 5.41) is 3.49. The predicted molar refractivity (Wildman–Crippen MR) is 65.5 cm³/mol. The van der Waals surface area contributed by atoms with Crippen LogP contribution in [0.25, 0.3) is 0 Å². The van der Waals surface area contributed by atoms with Gasteiger partial charge in [-0.1, -0.05) is 41.0 Å². The Bertz CT molecular complexity index is 129. The van der Waals surface area contributed by atoms with E-state index >= 15 is 0 Å². The number of nitrogens with one attached hydrogen (secondary N) is 1. The normalized spacial score (nSPS) is 16.3. The maximum atomic E-state index is 3.49. The Morgan fingerprint density at radius 2 is 1.64 bits per heavy atom. The third-order valence-electron chi connectivity index (χ3n) is 3.09. The molecule has 0 aromatic carbocycles. The van der Waals surface area contributed by atoms with Gasteiger partial charge in [0, 0.05) is 6.04 Å². The summed E-state index contributed by atoms with van der Waals surface area (Å²) in [4.78, 5) is 0. The van der Waals surface area contributed by atoms with E-state index < -0.39 is 0 Å². The van der Waals surface area contributed by atoms with Crippen molar-refractivity contribution in [2.45, 2.75) is 59.9 Å². The molecular weight excluding hydrogens is 170 g/mol. The van der Waals surface area contributed by atoms with Gasteiger partial charge >= 0.3 is 0 Å². The Morgan fingerprint density at radius 1 is 1.07 bits per heavy atom. The Balaban J connectivity index is 4.27. The van der Waals surface area contributed by atoms with Gasteiger partial charge in [-0.2, -0.15) is 0 Å². The Labute approximate surface area is 90.7 Å². The van der Waals surface area contributed by atoms with E-state index in [9.17, 15) is 0 Å². The molecule has 1 N–H and O–H groups in total. The molecule has 0 rings (SSSR count). The minimum atomic E-state index is 0.711. The van der Waals surface area contributed by atoms with Crippen LogP contribution in [-0.4, -0.2) is 13.1 Å². The smallest absolute Gasteiger partial charge is 0.00947 e. The Morgan fingerprint density at radius 3 is 1.93 bits per heavy atom. The minimum absolute atomic E-state index is 0.711. The summed E-state index contributed by atoms with van der Waals surface area (Å²) in [5.41, 5.74) is 0. The van der Waals surface area contributed by atoms with Crippen molar-refractivity contribution in [3.05, 3.63) is 0 Å². The first kappa shape index (κ1) is 14.0. The van der Waals surface area contributed by atoms with Crippen LogP contribution in [0.4, 0.5) is 0 Å². The van der Waals surface area contributed by atoms with Gasteiger partial charge in [0.25, 0.3) is 0 Å². The molecule has 0 saturated heterocycles. The number of hydrogen-bond acceptors (Lipinski definition) is 1. The van der Waals surface area contributed by atoms with Gasteiger partial charge in [-0.15, -0.1) is 0 Å². The second-order valence-corrected chi connectivity index (χ2v) is 5.22. The summed E-state index contributed by atoms with van der Waals surface area (Å²) in [5.74, 6) is 2.44. The highest BCUT2D eigenvalue weighted by molar-refractivity contribution is 4.78. The third-order valence-corrected chi connectivity index (χ3v) is 3.09. The van der Waals surface area contributed by atoms with Crippen LogP contribution in [0.15, 0.2) is 0 Å². The lowest BCUT2D eigenvalue weighted by molar-refractivity contribution is 0.232. The second-order valence-electron chi connectivity index (χ2n) is 5.22. The minimum Gasteiger partial charge on any atom is -0.317 e. The first-order chi connectivity index (χ1) is 6.52. The van der Waals surface area contributed by atoms with E-state index in [0.717, 1.165) is 17.8 Å². The molecule has 0 aliphatic carbocycles. The topological polar surface area (TPSA) is 12.0 Å². The molecule has 86 valence electrons. The summed E-state index contributed by atoms with van der Waals surface area (Å²) >= 11 is 0. The van der Waals surface area contributed by atoms with E-state index in [4.69, 9.17) is 0 Å². The summed E-state index contributed by atoms with van der Waals surface area (Å²) < 4.78 is 0. The van der Waals surface area contributed by atoms with Crippen molar-refractivity contribution in [1.29, 1.82) is 0 Å². The highest BCUT2D eigenvalue weighted by Crippen LogP contribution is 2.25. The van der Waals surface area contributed by atoms with Crippen molar-refractivity contribution >= 4 is 0 Å². The van der Waals surface area contributed by atoms with Gasteiger partial charge in [-0.05, 0) is 37.6 Å². The Hall–Kier alpha value is -0.0400. The quantitative estimate of drug-likeness (QED) is 0.659. The van der Waals surface area contributed by atoms with Crippen LogP contribution in [0.5, 0.6) is 0 Å². The molecule has 0 amide bonds. The van der Waals surface area contributed by atoms with Crippen LogP contribution in [0.1, 0.15) is 53.9 Å². The lowest BCUT2D eigenvalue weighted by atomic mass is 9.80. The van der Waals surface area contributed by atoms with E-state index in [0.29, 0.717) is 6.04 Å². The molecule has 0 radical (unpaired) electrons. The van der Waals surface area contributed by atoms with Crippen LogP contribution in [0.2, 0.25) is 0 Å². The molecule has 1 nitrogen and oxygen atoms in total. The zero-order valence-electron chi connectivity index (χ0n) is 10.9. The van der Waals surface area contributed by atoms with Gasteiger partial charge in [0.15, 0.2) is 0 Å². The Kier molecular flexibility index (Phi) is 7.26. The number of hydrogen-bond donors (Lipinski definition) is 1. The summed E-state index contributed by atoms with van der Waals surface area (Å²) in [7, 11) is 2.11. The van der Waals surface area contributed by atoms with E-state index in [1.165, 1.54) is 19.3 Å². The monoisotopic (exact) mass is 199 g/mol. The van der Waals surface area contributed by atoms with Gasteiger partial charge < -0.3 is 5.32 Å². The largest absolute Gasteiger partial charge is 0.317 e. The summed E-state index contributed by atoms with van der Waals surface area (Å²) in [6.45, 7) is 11.6. The average Bonchev–Trinajstić information content (AvgIpc) is 2.10. The second kappa shape index (κ2) is 7.28. The molecule has 0 aliphatic rings. The van der Waals surface area contributed by atoms with Crippen molar-refractivity contribution in [2.24, 2.45) is 17.8 Å². The van der Waals surface area contributed by atoms with E-state index in [2.05, 4.69) is 47.0 Å². The molecule has 0 fully saturated rings. The van der Waals surface area contributed by atoms with Gasteiger partial charge in [-0.25, -0.2) is 0 Å². The molecule has 14 heavy (non-hydrogen) atoms. The summed E-state index contributed by atoms with van der Waals surface area (Å²) in [6, 6.07) is 0.711. The molecule has 1 heteroatoms. The summed E-state index contributed by atoms with van der Waals surface area (Å²) in [6.07, 6.45) is 3.95. The van der Waals surface area contributed by atoms with Gasteiger partial charge in [0.05, 0.1) is 0 Å². The molecule has 0 heterocycles. The van der Waals surface area contributed by atoms with Crippen LogP contribution in [0, 0.1) is 17.8 Å². The molecular formula is C13H29N. The molecule has 0 aromatic rings. The van der Waals surface area contributed by atoms with Gasteiger partial charge in [0.2, 0.25) is 0 Å². The van der Waals surface area contributed by atoms with Crippen molar-refractivity contribution in [3.63, 3.8) is 0 Å². The van der Waals surface area contributed by atoms with E-state index in [1.54, 1.807) is 0 Å². The lowest BCUT2D eigenvalue weighted by Crippen LogP contribution is -2.37. The van der Waals surface area contributed by atoms with Crippen LogP contribution < -0.4 is 5.32 Å². The van der Waals surface area contributed by atoms with Gasteiger partial charge in [0.1, 0.15) is 0 Å². The van der Waals surface area contributed by atoms with E-state index in [-0.39, 0.29) is 0 Å². The zero-order chi connectivity index (χ0) is 11.1. The van der Waals surface area contributed by atoms with Crippen LogP contribution in [-0.2, 0) is 0 Å². The zero-order valence-corrected chi connectivity index (χ0v) is 10.9. The standard InChI is InChI=1S/C13H29N/c1-7-8-13(14-6)12(11(4)5)9-10(2)3/h10-14H,7-9H2,1-6H3. The molecule has 2 atom stereocenters. The first-order valence-corrected chi connectivity index (χ1v) is 6.20. The SMILES string of the molecule is CCCC(NC)C(CC(C)C)C(C)C. The molecule has 0 spiro atoms. The molecule has 2 unspecified atom stereocenters. The molecule has 0 aliphatic heterocycles. The maximum absolute atomic E-state index is 3.49. The third kappa shape index (κ3) is 4.99. The predicted octanol–water partition coefficient (Wildman–Crippen LogP) is 3.69. The fourth-order valence-electron chi connectivity index (χ4n) is 2.33. The van der Waals surface area contributed by atoms with Crippen molar-refractivity contribution in [1.82, 2.24) is 5.32 Å². The van der Waals surface area contributed by atoms with Crippen molar-refractivity contribution in [3.8, 4) is 0 Å². The average molecular weight is 199 g/mol. The lowest BCUT2D eigenvalue weighted by Gasteiger charge is -2.31. The van der Waals surface area contributed by atoms with Crippen molar-refractivity contribution in [2.75, 3.05) is 7.05 Å². The van der Waals surface area contributed by atoms with Crippen LogP contribution in [0.3, 0.4) is 0 Å². The molecule has 0 saturated carbocycles. The molecule has 0 aromatic heterocycles.